The van der Waals surface area contributed by atoms with Gasteiger partial charge in [0.05, 0.1) is 0 Å². The number of phenolic OH excluding ortho intramolecular Hbond substituents is 1. The van der Waals surface area contributed by atoms with Crippen molar-refractivity contribution >= 4 is 11.8 Å². The molecule has 0 aromatic heterocycles. The smallest absolute Gasteiger partial charge is 0.240 e. The van der Waals surface area contributed by atoms with E-state index in [-0.39, 0.29) is 0 Å². The van der Waals surface area contributed by atoms with Gasteiger partial charge in [-0.2, -0.15) is 4.39 Å². The van der Waals surface area contributed by atoms with Gasteiger partial charge in [0.25, 0.3) is 0 Å². The minimum Gasteiger partial charge on any atom is -0.505 e. The Balaban J connectivity index is 3.13. The molecular weight excluding hydrogens is 265 g/mol. The summed E-state index contributed by atoms with van der Waals surface area (Å²) in [6, 6.07) is -1.01. The maximum atomic E-state index is 13.4. The van der Waals surface area contributed by atoms with E-state index in [9.17, 15) is 22.8 Å². The van der Waals surface area contributed by atoms with Gasteiger partial charge in [-0.15, -0.1) is 0 Å². The molecule has 4 N–H and O–H groups in total. The normalized spacial score (nSPS) is 12.0. The highest BCUT2D eigenvalue weighted by atomic mass is 19.2. The van der Waals surface area contributed by atoms with Crippen LogP contribution in [0, 0.1) is 17.5 Å². The van der Waals surface area contributed by atoms with Crippen LogP contribution < -0.4 is 11.1 Å². The molecule has 0 radical (unpaired) electrons. The fourth-order valence-electron chi connectivity index (χ4n) is 1.48. The van der Waals surface area contributed by atoms with Crippen LogP contribution in [0.25, 0.3) is 0 Å². The lowest BCUT2D eigenvalue weighted by Crippen LogP contribution is -2.45. The van der Waals surface area contributed by atoms with Gasteiger partial charge in [-0.05, 0) is 0 Å². The van der Waals surface area contributed by atoms with Crippen LogP contribution in [0.5, 0.6) is 5.75 Å². The van der Waals surface area contributed by atoms with Crippen molar-refractivity contribution in [3.63, 3.8) is 0 Å². The lowest BCUT2D eigenvalue weighted by atomic mass is 10.0. The second-order valence-corrected chi connectivity index (χ2v) is 3.84. The number of carbonyl (C=O) groups excluding carboxylic acids is 2. The standard InChI is InChI=1S/C11H11F3N2O3/c1-4(17)16-7(11(15)19)2-5-6(12)3-8(18)10(14)9(5)13/h3,7,18H,2H2,1H3,(H2,15,19)(H,16,17)/t7-/m0/s1. The molecule has 0 aliphatic rings. The van der Waals surface area contributed by atoms with Crippen molar-refractivity contribution in [2.45, 2.75) is 19.4 Å². The van der Waals surface area contributed by atoms with Gasteiger partial charge < -0.3 is 16.2 Å². The summed E-state index contributed by atoms with van der Waals surface area (Å²) in [4.78, 5) is 21.9. The number of hydrogen-bond acceptors (Lipinski definition) is 3. The Morgan fingerprint density at radius 1 is 1.37 bits per heavy atom. The van der Waals surface area contributed by atoms with Gasteiger partial charge in [0.1, 0.15) is 11.9 Å². The van der Waals surface area contributed by atoms with Crippen LogP contribution in [-0.2, 0) is 16.0 Å². The number of phenols is 1. The number of rotatable bonds is 4. The molecule has 0 unspecified atom stereocenters. The summed E-state index contributed by atoms with van der Waals surface area (Å²) in [7, 11) is 0. The lowest BCUT2D eigenvalue weighted by molar-refractivity contribution is -0.126. The van der Waals surface area contributed by atoms with E-state index in [1.54, 1.807) is 0 Å². The molecule has 0 fully saturated rings. The average molecular weight is 276 g/mol. The summed E-state index contributed by atoms with van der Waals surface area (Å²) < 4.78 is 40.0. The Hall–Kier alpha value is -2.25. The van der Waals surface area contributed by atoms with Gasteiger partial charge in [0.2, 0.25) is 17.6 Å². The number of benzene rings is 1. The Labute approximate surface area is 106 Å². The molecule has 2 amide bonds. The molecule has 19 heavy (non-hydrogen) atoms. The fraction of sp³-hybridized carbons (Fsp3) is 0.273. The van der Waals surface area contributed by atoms with Crippen molar-refractivity contribution < 1.29 is 27.9 Å². The number of nitrogens with one attached hydrogen (secondary N) is 1. The van der Waals surface area contributed by atoms with Crippen LogP contribution in [0.15, 0.2) is 6.07 Å². The topological polar surface area (TPSA) is 92.4 Å². The minimum atomic E-state index is -1.64. The van der Waals surface area contributed by atoms with Crippen molar-refractivity contribution in [3.8, 4) is 5.75 Å². The molecule has 0 heterocycles. The van der Waals surface area contributed by atoms with E-state index in [1.165, 1.54) is 0 Å². The van der Waals surface area contributed by atoms with E-state index < -0.39 is 53.0 Å². The van der Waals surface area contributed by atoms with E-state index >= 15 is 0 Å². The monoisotopic (exact) mass is 276 g/mol. The van der Waals surface area contributed by atoms with Crippen LogP contribution in [0.2, 0.25) is 0 Å². The first-order valence-corrected chi connectivity index (χ1v) is 5.15. The summed E-state index contributed by atoms with van der Waals surface area (Å²) in [5.74, 6) is -7.36. The second-order valence-electron chi connectivity index (χ2n) is 3.84. The van der Waals surface area contributed by atoms with Crippen LogP contribution in [0.4, 0.5) is 13.2 Å². The third kappa shape index (κ3) is 3.36. The SMILES string of the molecule is CC(=O)N[C@@H](Cc1c(F)cc(O)c(F)c1F)C(N)=O. The second kappa shape index (κ2) is 5.59. The molecule has 5 nitrogen and oxygen atoms in total. The molecule has 0 bridgehead atoms. The molecule has 0 saturated carbocycles. The zero-order valence-electron chi connectivity index (χ0n) is 9.84. The molecule has 1 atom stereocenters. The predicted molar refractivity (Wildman–Crippen MR) is 58.5 cm³/mol. The summed E-state index contributed by atoms with van der Waals surface area (Å²) in [5, 5.41) is 11.0. The van der Waals surface area contributed by atoms with Crippen molar-refractivity contribution in [1.82, 2.24) is 5.32 Å². The molecule has 1 aromatic rings. The lowest BCUT2D eigenvalue weighted by Gasteiger charge is -2.15. The first kappa shape index (κ1) is 14.8. The number of aromatic hydroxyl groups is 1. The number of primary amides is 1. The van der Waals surface area contributed by atoms with Gasteiger partial charge in [0.15, 0.2) is 11.6 Å². The quantitative estimate of drug-likeness (QED) is 0.692. The molecule has 0 saturated heterocycles. The van der Waals surface area contributed by atoms with Crippen molar-refractivity contribution in [2.24, 2.45) is 5.73 Å². The maximum Gasteiger partial charge on any atom is 0.240 e. The largest absolute Gasteiger partial charge is 0.505 e. The summed E-state index contributed by atoms with van der Waals surface area (Å²) in [5.41, 5.74) is 4.17. The molecule has 0 aliphatic heterocycles. The van der Waals surface area contributed by atoms with Crippen molar-refractivity contribution in [3.05, 3.63) is 29.1 Å². The Morgan fingerprint density at radius 2 is 1.95 bits per heavy atom. The van der Waals surface area contributed by atoms with Crippen LogP contribution in [0.1, 0.15) is 12.5 Å². The molecular formula is C11H11F3N2O3. The van der Waals surface area contributed by atoms with Gasteiger partial charge in [-0.1, -0.05) is 0 Å². The Kier molecular flexibility index (Phi) is 4.36. The molecule has 0 spiro atoms. The van der Waals surface area contributed by atoms with Gasteiger partial charge in [0, 0.05) is 25.0 Å². The number of hydrogen-bond donors (Lipinski definition) is 3. The van der Waals surface area contributed by atoms with E-state index in [1.807, 2.05) is 0 Å². The van der Waals surface area contributed by atoms with Gasteiger partial charge in [-0.3, -0.25) is 9.59 Å². The molecule has 104 valence electrons. The minimum absolute atomic E-state index is 0.375. The van der Waals surface area contributed by atoms with Gasteiger partial charge >= 0.3 is 0 Å². The van der Waals surface area contributed by atoms with E-state index in [2.05, 4.69) is 5.32 Å². The number of carbonyl (C=O) groups is 2. The zero-order chi connectivity index (χ0) is 14.7. The van der Waals surface area contributed by atoms with Crippen LogP contribution >= 0.6 is 0 Å². The predicted octanol–water partition coefficient (Wildman–Crippen LogP) is 0.342. The number of amides is 2. The molecule has 1 rings (SSSR count). The number of halogens is 3. The van der Waals surface area contributed by atoms with E-state index in [0.717, 1.165) is 6.92 Å². The van der Waals surface area contributed by atoms with Crippen molar-refractivity contribution in [2.75, 3.05) is 0 Å². The first-order chi connectivity index (χ1) is 8.73. The highest BCUT2D eigenvalue weighted by Crippen LogP contribution is 2.25. The Morgan fingerprint density at radius 3 is 2.42 bits per heavy atom. The van der Waals surface area contributed by atoms with E-state index in [4.69, 9.17) is 10.8 Å². The third-order valence-electron chi connectivity index (χ3n) is 2.36. The molecule has 1 aromatic carbocycles. The Bertz CT molecular complexity index is 534. The number of nitrogens with two attached hydrogens (primary N) is 1. The molecule has 8 heteroatoms. The third-order valence-corrected chi connectivity index (χ3v) is 2.36. The maximum absolute atomic E-state index is 13.4. The summed E-state index contributed by atoms with van der Waals surface area (Å²) in [6.45, 7) is 1.08. The average Bonchev–Trinajstić information content (AvgIpc) is 2.29. The highest BCUT2D eigenvalue weighted by Gasteiger charge is 2.24. The fourth-order valence-corrected chi connectivity index (χ4v) is 1.48. The van der Waals surface area contributed by atoms with E-state index in [0.29, 0.717) is 6.07 Å². The first-order valence-electron chi connectivity index (χ1n) is 5.15. The molecule has 0 aliphatic carbocycles. The van der Waals surface area contributed by atoms with Gasteiger partial charge in [-0.25, -0.2) is 8.78 Å². The van der Waals surface area contributed by atoms with Crippen molar-refractivity contribution in [1.29, 1.82) is 0 Å². The highest BCUT2D eigenvalue weighted by molar-refractivity contribution is 5.85. The summed E-state index contributed by atoms with van der Waals surface area (Å²) >= 11 is 0. The summed E-state index contributed by atoms with van der Waals surface area (Å²) in [6.07, 6.45) is -0.663. The zero-order valence-corrected chi connectivity index (χ0v) is 9.84. The van der Waals surface area contributed by atoms with Crippen LogP contribution in [-0.4, -0.2) is 23.0 Å². The van der Waals surface area contributed by atoms with Crippen LogP contribution in [0.3, 0.4) is 0 Å².